The van der Waals surface area contributed by atoms with Crippen LogP contribution in [-0.4, -0.2) is 33.8 Å². The number of hydrogen-bond acceptors (Lipinski definition) is 5. The summed E-state index contributed by atoms with van der Waals surface area (Å²) in [6.07, 6.45) is 1.97. The van der Waals surface area contributed by atoms with Gasteiger partial charge in [-0.25, -0.2) is 0 Å². The van der Waals surface area contributed by atoms with Gasteiger partial charge in [-0.2, -0.15) is 0 Å². The molecule has 0 spiro atoms. The largest absolute Gasteiger partial charge is 0.396 e. The van der Waals surface area contributed by atoms with E-state index in [0.717, 1.165) is 24.4 Å². The molecule has 1 heterocycles. The van der Waals surface area contributed by atoms with E-state index in [1.54, 1.807) is 5.38 Å². The third kappa shape index (κ3) is 1.91. The highest BCUT2D eigenvalue weighted by molar-refractivity contribution is 7.03. The molecule has 0 unspecified atom stereocenters. The van der Waals surface area contributed by atoms with Gasteiger partial charge in [-0.1, -0.05) is 4.49 Å². The SMILES string of the molecule is O=C(NCC1(CO)CC1)c1csnn1. The fraction of sp³-hybridized carbons (Fsp3) is 0.625. The molecule has 1 aliphatic carbocycles. The lowest BCUT2D eigenvalue weighted by Crippen LogP contribution is -2.32. The van der Waals surface area contributed by atoms with Gasteiger partial charge in [-0.05, 0) is 24.4 Å². The minimum atomic E-state index is -0.210. The van der Waals surface area contributed by atoms with Crippen LogP contribution in [0.3, 0.4) is 0 Å². The maximum absolute atomic E-state index is 11.4. The predicted octanol–water partition coefficient (Wildman–Crippen LogP) is 0.0404. The van der Waals surface area contributed by atoms with Crippen molar-refractivity contribution < 1.29 is 9.90 Å². The van der Waals surface area contributed by atoms with Gasteiger partial charge in [0.15, 0.2) is 5.69 Å². The summed E-state index contributed by atoms with van der Waals surface area (Å²) in [6, 6.07) is 0. The average Bonchev–Trinajstić information content (AvgIpc) is 2.78. The van der Waals surface area contributed by atoms with Crippen LogP contribution in [-0.2, 0) is 0 Å². The first-order valence-corrected chi connectivity index (χ1v) is 5.26. The highest BCUT2D eigenvalue weighted by Gasteiger charge is 2.42. The van der Waals surface area contributed by atoms with Gasteiger partial charge in [0.2, 0.25) is 0 Å². The van der Waals surface area contributed by atoms with E-state index in [9.17, 15) is 4.79 Å². The Kier molecular flexibility index (Phi) is 2.47. The topological polar surface area (TPSA) is 75.1 Å². The zero-order valence-corrected chi connectivity index (χ0v) is 8.38. The van der Waals surface area contributed by atoms with E-state index in [1.165, 1.54) is 0 Å². The van der Waals surface area contributed by atoms with Crippen LogP contribution in [0.5, 0.6) is 0 Å². The van der Waals surface area contributed by atoms with Crippen molar-refractivity contribution in [3.05, 3.63) is 11.1 Å². The fourth-order valence-electron chi connectivity index (χ4n) is 1.19. The van der Waals surface area contributed by atoms with Gasteiger partial charge in [0.05, 0.1) is 6.61 Å². The van der Waals surface area contributed by atoms with E-state index in [2.05, 4.69) is 14.9 Å². The lowest BCUT2D eigenvalue weighted by Gasteiger charge is -2.11. The molecule has 1 aromatic heterocycles. The van der Waals surface area contributed by atoms with Crippen molar-refractivity contribution in [2.24, 2.45) is 5.41 Å². The Bertz CT molecular complexity index is 321. The van der Waals surface area contributed by atoms with Crippen LogP contribution in [0.1, 0.15) is 23.3 Å². The lowest BCUT2D eigenvalue weighted by molar-refractivity contribution is 0.0930. The van der Waals surface area contributed by atoms with Crippen molar-refractivity contribution in [3.63, 3.8) is 0 Å². The number of amides is 1. The smallest absolute Gasteiger partial charge is 0.272 e. The van der Waals surface area contributed by atoms with Gasteiger partial charge in [0, 0.05) is 17.3 Å². The summed E-state index contributed by atoms with van der Waals surface area (Å²) in [5.74, 6) is -0.210. The Morgan fingerprint density at radius 2 is 2.50 bits per heavy atom. The van der Waals surface area contributed by atoms with Crippen LogP contribution in [0, 0.1) is 5.41 Å². The standard InChI is InChI=1S/C8H11N3O2S/c12-5-8(1-2-8)4-9-7(13)6-3-14-11-10-6/h3,12H,1-2,4-5H2,(H,9,13). The second kappa shape index (κ2) is 3.62. The molecule has 1 aromatic rings. The molecule has 0 aliphatic heterocycles. The molecule has 14 heavy (non-hydrogen) atoms. The Hall–Kier alpha value is -1.01. The van der Waals surface area contributed by atoms with E-state index in [4.69, 9.17) is 5.11 Å². The van der Waals surface area contributed by atoms with Gasteiger partial charge >= 0.3 is 0 Å². The van der Waals surface area contributed by atoms with E-state index in [1.807, 2.05) is 0 Å². The summed E-state index contributed by atoms with van der Waals surface area (Å²) in [7, 11) is 0. The molecule has 0 aromatic carbocycles. The summed E-state index contributed by atoms with van der Waals surface area (Å²) in [4.78, 5) is 11.4. The third-order valence-electron chi connectivity index (χ3n) is 2.51. The molecule has 1 saturated carbocycles. The van der Waals surface area contributed by atoms with Crippen molar-refractivity contribution in [1.82, 2.24) is 14.9 Å². The zero-order valence-electron chi connectivity index (χ0n) is 7.56. The molecule has 0 bridgehead atoms. The summed E-state index contributed by atoms with van der Waals surface area (Å²) in [6.45, 7) is 0.669. The molecular formula is C8H11N3O2S. The normalized spacial score (nSPS) is 17.8. The highest BCUT2D eigenvalue weighted by atomic mass is 32.1. The van der Waals surface area contributed by atoms with Crippen molar-refractivity contribution in [1.29, 1.82) is 0 Å². The van der Waals surface area contributed by atoms with Crippen LogP contribution in [0.4, 0.5) is 0 Å². The number of aromatic nitrogens is 2. The number of carbonyl (C=O) groups is 1. The van der Waals surface area contributed by atoms with Crippen LogP contribution in [0.25, 0.3) is 0 Å². The predicted molar refractivity (Wildman–Crippen MR) is 51.0 cm³/mol. The molecular weight excluding hydrogens is 202 g/mol. The van der Waals surface area contributed by atoms with E-state index >= 15 is 0 Å². The maximum atomic E-state index is 11.4. The molecule has 0 atom stereocenters. The molecule has 2 rings (SSSR count). The minimum Gasteiger partial charge on any atom is -0.396 e. The molecule has 0 radical (unpaired) electrons. The number of carbonyl (C=O) groups excluding carboxylic acids is 1. The van der Waals surface area contributed by atoms with Crippen molar-refractivity contribution in [3.8, 4) is 0 Å². The van der Waals surface area contributed by atoms with E-state index in [-0.39, 0.29) is 17.9 Å². The van der Waals surface area contributed by atoms with Crippen LogP contribution in [0.15, 0.2) is 5.38 Å². The lowest BCUT2D eigenvalue weighted by atomic mass is 10.1. The minimum absolute atomic E-state index is 0.0564. The first-order valence-electron chi connectivity index (χ1n) is 4.42. The third-order valence-corrected chi connectivity index (χ3v) is 3.01. The second-order valence-corrected chi connectivity index (χ2v) is 4.24. The number of rotatable bonds is 4. The van der Waals surface area contributed by atoms with Crippen LogP contribution in [0.2, 0.25) is 0 Å². The van der Waals surface area contributed by atoms with Gasteiger partial charge in [-0.3, -0.25) is 4.79 Å². The van der Waals surface area contributed by atoms with Crippen LogP contribution >= 0.6 is 11.5 Å². The number of aliphatic hydroxyl groups excluding tert-OH is 1. The number of nitrogens with zero attached hydrogens (tertiary/aromatic N) is 2. The van der Waals surface area contributed by atoms with Gasteiger partial charge in [0.25, 0.3) is 5.91 Å². The molecule has 5 nitrogen and oxygen atoms in total. The Morgan fingerprint density at radius 1 is 1.71 bits per heavy atom. The Labute approximate surface area is 85.3 Å². The number of nitrogens with one attached hydrogen (secondary N) is 1. The summed E-state index contributed by atoms with van der Waals surface area (Å²) >= 11 is 1.15. The quantitative estimate of drug-likeness (QED) is 0.740. The maximum Gasteiger partial charge on any atom is 0.272 e. The highest BCUT2D eigenvalue weighted by Crippen LogP contribution is 2.44. The monoisotopic (exact) mass is 213 g/mol. The first-order chi connectivity index (χ1) is 6.76. The zero-order chi connectivity index (χ0) is 10.0. The summed E-state index contributed by atoms with van der Waals surface area (Å²) < 4.78 is 3.60. The first kappa shape index (κ1) is 9.54. The molecule has 6 heteroatoms. The summed E-state index contributed by atoms with van der Waals surface area (Å²) in [5, 5.41) is 17.0. The second-order valence-electron chi connectivity index (χ2n) is 3.63. The van der Waals surface area contributed by atoms with Crippen molar-refractivity contribution in [2.45, 2.75) is 12.8 Å². The van der Waals surface area contributed by atoms with Gasteiger partial charge in [0.1, 0.15) is 0 Å². The molecule has 1 amide bonds. The van der Waals surface area contributed by atoms with Crippen molar-refractivity contribution in [2.75, 3.05) is 13.2 Å². The van der Waals surface area contributed by atoms with Gasteiger partial charge in [-0.15, -0.1) is 5.10 Å². The van der Waals surface area contributed by atoms with Crippen molar-refractivity contribution >= 4 is 17.4 Å². The Balaban J connectivity index is 1.84. The van der Waals surface area contributed by atoms with Crippen LogP contribution < -0.4 is 5.32 Å². The van der Waals surface area contributed by atoms with E-state index in [0.29, 0.717) is 12.2 Å². The van der Waals surface area contributed by atoms with E-state index < -0.39 is 0 Å². The number of hydrogen-bond donors (Lipinski definition) is 2. The molecule has 1 aliphatic rings. The average molecular weight is 213 g/mol. The molecule has 1 fully saturated rings. The Morgan fingerprint density at radius 3 is 3.00 bits per heavy atom. The molecule has 0 saturated heterocycles. The van der Waals surface area contributed by atoms with Gasteiger partial charge < -0.3 is 10.4 Å². The molecule has 76 valence electrons. The fourth-order valence-corrected chi connectivity index (χ4v) is 1.63. The summed E-state index contributed by atoms with van der Waals surface area (Å²) in [5.41, 5.74) is 0.294. The number of aliphatic hydroxyl groups is 1. The molecule has 2 N–H and O–H groups in total.